The molecule has 3 N–H and O–H groups in total. The predicted octanol–water partition coefficient (Wildman–Crippen LogP) is 0.0993. The van der Waals surface area contributed by atoms with Crippen molar-refractivity contribution >= 4 is 32.5 Å². The van der Waals surface area contributed by atoms with Crippen LogP contribution in [0.3, 0.4) is 0 Å². The molecule has 0 bridgehead atoms. The molecule has 0 spiro atoms. The Kier molecular flexibility index (Phi) is 3.30. The van der Waals surface area contributed by atoms with E-state index >= 15 is 0 Å². The van der Waals surface area contributed by atoms with E-state index in [1.165, 1.54) is 13.3 Å². The summed E-state index contributed by atoms with van der Waals surface area (Å²) in [5.74, 6) is -0.560. The predicted molar refractivity (Wildman–Crippen MR) is 65.4 cm³/mol. The number of nitrogens with one attached hydrogen (secondary N) is 1. The van der Waals surface area contributed by atoms with E-state index in [1.807, 2.05) is 0 Å². The van der Waals surface area contributed by atoms with Crippen LogP contribution in [-0.4, -0.2) is 32.0 Å². The standard InChI is InChI=1S/C9H13N3O4S2/c1-16-7(13)9(3-2-4-9)12-18(14,15)6-5-11-8(10)17-6/h5,12H,2-4H2,1H3,(H2,10,11). The van der Waals surface area contributed by atoms with Crippen molar-refractivity contribution in [2.24, 2.45) is 0 Å². The van der Waals surface area contributed by atoms with Crippen LogP contribution in [0.4, 0.5) is 5.13 Å². The highest BCUT2D eigenvalue weighted by Gasteiger charge is 2.48. The van der Waals surface area contributed by atoms with Crippen LogP contribution in [0, 0.1) is 0 Å². The molecule has 0 unspecified atom stereocenters. The van der Waals surface area contributed by atoms with Crippen molar-refractivity contribution in [3.8, 4) is 0 Å². The number of nitrogens with zero attached hydrogens (tertiary/aromatic N) is 1. The zero-order chi connectivity index (χ0) is 13.4. The van der Waals surface area contributed by atoms with Crippen molar-refractivity contribution in [2.45, 2.75) is 29.0 Å². The third kappa shape index (κ3) is 2.20. The lowest BCUT2D eigenvalue weighted by Gasteiger charge is -2.38. The van der Waals surface area contributed by atoms with E-state index in [0.29, 0.717) is 12.8 Å². The Labute approximate surface area is 108 Å². The Morgan fingerprint density at radius 1 is 1.61 bits per heavy atom. The average molecular weight is 291 g/mol. The fourth-order valence-corrected chi connectivity index (χ4v) is 4.11. The Morgan fingerprint density at radius 3 is 2.67 bits per heavy atom. The van der Waals surface area contributed by atoms with Crippen molar-refractivity contribution in [1.29, 1.82) is 0 Å². The van der Waals surface area contributed by atoms with Crippen LogP contribution in [0.25, 0.3) is 0 Å². The second kappa shape index (κ2) is 4.48. The molecule has 0 amide bonds. The summed E-state index contributed by atoms with van der Waals surface area (Å²) in [5, 5.41) is 0.163. The summed E-state index contributed by atoms with van der Waals surface area (Å²) in [5.41, 5.74) is 4.26. The average Bonchev–Trinajstić information content (AvgIpc) is 2.70. The molecule has 0 saturated heterocycles. The number of nitrogens with two attached hydrogens (primary N) is 1. The molecule has 1 aromatic heterocycles. The molecule has 9 heteroatoms. The zero-order valence-corrected chi connectivity index (χ0v) is 11.3. The van der Waals surface area contributed by atoms with E-state index in [9.17, 15) is 13.2 Å². The van der Waals surface area contributed by atoms with Gasteiger partial charge in [-0.15, -0.1) is 0 Å². The fourth-order valence-electron chi connectivity index (χ4n) is 1.78. The minimum absolute atomic E-state index is 0.00446. The highest BCUT2D eigenvalue weighted by molar-refractivity contribution is 7.91. The summed E-state index contributed by atoms with van der Waals surface area (Å²) in [4.78, 5) is 15.3. The number of thiazole rings is 1. The van der Waals surface area contributed by atoms with Gasteiger partial charge in [-0.1, -0.05) is 11.3 Å². The zero-order valence-electron chi connectivity index (χ0n) is 9.67. The minimum atomic E-state index is -3.79. The number of esters is 1. The van der Waals surface area contributed by atoms with Crippen LogP contribution in [0.1, 0.15) is 19.3 Å². The van der Waals surface area contributed by atoms with Crippen molar-refractivity contribution in [3.05, 3.63) is 6.20 Å². The Morgan fingerprint density at radius 2 is 2.28 bits per heavy atom. The first-order chi connectivity index (χ1) is 8.39. The smallest absolute Gasteiger partial charge is 0.327 e. The maximum Gasteiger partial charge on any atom is 0.327 e. The summed E-state index contributed by atoms with van der Waals surface area (Å²) < 4.78 is 31.2. The molecule has 1 aromatic rings. The highest BCUT2D eigenvalue weighted by atomic mass is 32.2. The van der Waals surface area contributed by atoms with Gasteiger partial charge in [0.05, 0.1) is 13.3 Å². The Hall–Kier alpha value is -1.19. The van der Waals surface area contributed by atoms with E-state index in [4.69, 9.17) is 5.73 Å². The van der Waals surface area contributed by atoms with Gasteiger partial charge < -0.3 is 10.5 Å². The number of methoxy groups -OCH3 is 1. The molecule has 0 radical (unpaired) electrons. The van der Waals surface area contributed by atoms with Crippen molar-refractivity contribution < 1.29 is 17.9 Å². The number of anilines is 1. The second-order valence-electron chi connectivity index (χ2n) is 4.05. The van der Waals surface area contributed by atoms with Crippen molar-refractivity contribution in [1.82, 2.24) is 9.71 Å². The molecular weight excluding hydrogens is 278 g/mol. The molecule has 1 saturated carbocycles. The van der Waals surface area contributed by atoms with Crippen LogP contribution in [0.15, 0.2) is 10.4 Å². The fraction of sp³-hybridized carbons (Fsp3) is 0.556. The van der Waals surface area contributed by atoms with Crippen LogP contribution in [-0.2, 0) is 19.6 Å². The largest absolute Gasteiger partial charge is 0.468 e. The molecule has 1 fully saturated rings. The van der Waals surface area contributed by atoms with Gasteiger partial charge in [-0.05, 0) is 19.3 Å². The Balaban J connectivity index is 2.25. The number of carbonyl (C=O) groups is 1. The van der Waals surface area contributed by atoms with Crippen LogP contribution >= 0.6 is 11.3 Å². The lowest BCUT2D eigenvalue weighted by atomic mass is 9.78. The quantitative estimate of drug-likeness (QED) is 0.761. The van der Waals surface area contributed by atoms with E-state index in [2.05, 4.69) is 14.4 Å². The van der Waals surface area contributed by atoms with Crippen LogP contribution in [0.2, 0.25) is 0 Å². The summed E-state index contributed by atoms with van der Waals surface area (Å²) >= 11 is 0.853. The maximum absolute atomic E-state index is 12.1. The third-order valence-electron chi connectivity index (χ3n) is 2.88. The van der Waals surface area contributed by atoms with Gasteiger partial charge in [0.25, 0.3) is 10.0 Å². The van der Waals surface area contributed by atoms with Gasteiger partial charge in [0.2, 0.25) is 0 Å². The first kappa shape index (κ1) is 13.2. The SMILES string of the molecule is COC(=O)C1(NS(=O)(=O)c2cnc(N)s2)CCC1. The number of aromatic nitrogens is 1. The van der Waals surface area contributed by atoms with Crippen LogP contribution < -0.4 is 10.5 Å². The van der Waals surface area contributed by atoms with Gasteiger partial charge in [-0.2, -0.15) is 4.72 Å². The number of ether oxygens (including phenoxy) is 1. The molecule has 18 heavy (non-hydrogen) atoms. The molecule has 1 aliphatic carbocycles. The lowest BCUT2D eigenvalue weighted by Crippen LogP contribution is -2.59. The monoisotopic (exact) mass is 291 g/mol. The van der Waals surface area contributed by atoms with Gasteiger partial charge >= 0.3 is 5.97 Å². The first-order valence-corrected chi connectivity index (χ1v) is 7.53. The molecule has 1 aliphatic rings. The number of nitrogen functional groups attached to an aromatic ring is 1. The molecule has 0 aromatic carbocycles. The van der Waals surface area contributed by atoms with E-state index in [0.717, 1.165) is 17.8 Å². The summed E-state index contributed by atoms with van der Waals surface area (Å²) in [6.07, 6.45) is 2.83. The van der Waals surface area contributed by atoms with E-state index in [1.54, 1.807) is 0 Å². The molecule has 0 aliphatic heterocycles. The molecule has 100 valence electrons. The minimum Gasteiger partial charge on any atom is -0.468 e. The Bertz CT molecular complexity index is 562. The number of rotatable bonds is 4. The molecule has 2 rings (SSSR count). The van der Waals surface area contributed by atoms with Gasteiger partial charge in [0, 0.05) is 0 Å². The van der Waals surface area contributed by atoms with E-state index in [-0.39, 0.29) is 9.34 Å². The van der Waals surface area contributed by atoms with Crippen molar-refractivity contribution in [3.63, 3.8) is 0 Å². The number of carbonyl (C=O) groups excluding carboxylic acids is 1. The van der Waals surface area contributed by atoms with E-state index < -0.39 is 21.5 Å². The summed E-state index contributed by atoms with van der Waals surface area (Å²) in [6.45, 7) is 0. The second-order valence-corrected chi connectivity index (χ2v) is 7.02. The van der Waals surface area contributed by atoms with Gasteiger partial charge in [-0.25, -0.2) is 13.4 Å². The number of hydrogen-bond acceptors (Lipinski definition) is 7. The third-order valence-corrected chi connectivity index (χ3v) is 5.70. The van der Waals surface area contributed by atoms with Gasteiger partial charge in [0.15, 0.2) is 9.34 Å². The topological polar surface area (TPSA) is 111 Å². The van der Waals surface area contributed by atoms with Crippen LogP contribution in [0.5, 0.6) is 0 Å². The summed E-state index contributed by atoms with van der Waals surface area (Å²) in [6, 6.07) is 0. The number of hydrogen-bond donors (Lipinski definition) is 2. The number of sulfonamides is 1. The van der Waals surface area contributed by atoms with Crippen molar-refractivity contribution in [2.75, 3.05) is 12.8 Å². The maximum atomic E-state index is 12.1. The molecule has 7 nitrogen and oxygen atoms in total. The lowest BCUT2D eigenvalue weighted by molar-refractivity contribution is -0.151. The molecule has 0 atom stereocenters. The van der Waals surface area contributed by atoms with Gasteiger partial charge in [-0.3, -0.25) is 4.79 Å². The normalized spacial score (nSPS) is 18.1. The molecule has 1 heterocycles. The van der Waals surface area contributed by atoms with Gasteiger partial charge in [0.1, 0.15) is 5.54 Å². The summed E-state index contributed by atoms with van der Waals surface area (Å²) in [7, 11) is -2.55. The molecular formula is C9H13N3O4S2. The highest BCUT2D eigenvalue weighted by Crippen LogP contribution is 2.35. The first-order valence-electron chi connectivity index (χ1n) is 5.23.